The van der Waals surface area contributed by atoms with Gasteiger partial charge in [-0.2, -0.15) is 0 Å². The van der Waals surface area contributed by atoms with Crippen LogP contribution in [0.4, 0.5) is 4.39 Å². The number of carbonyl (C=O) groups is 1. The molecule has 1 aliphatic rings. The Kier molecular flexibility index (Phi) is 3.49. The minimum Gasteiger partial charge on any atom is -0.463 e. The molecule has 0 spiro atoms. The van der Waals surface area contributed by atoms with Crippen molar-refractivity contribution in [3.63, 3.8) is 0 Å². The largest absolute Gasteiger partial charge is 0.463 e. The summed E-state index contributed by atoms with van der Waals surface area (Å²) in [6.45, 7) is 1.83. The highest BCUT2D eigenvalue weighted by Gasteiger charge is 2.59. The third kappa shape index (κ3) is 1.92. The van der Waals surface area contributed by atoms with E-state index < -0.39 is 16.3 Å². The van der Waals surface area contributed by atoms with E-state index in [0.717, 1.165) is 0 Å². The van der Waals surface area contributed by atoms with Crippen LogP contribution in [0.2, 0.25) is 0 Å². The maximum atomic E-state index is 13.8. The van der Waals surface area contributed by atoms with Gasteiger partial charge in [0.05, 0.1) is 13.2 Å². The van der Waals surface area contributed by atoms with E-state index in [-0.39, 0.29) is 19.6 Å². The van der Waals surface area contributed by atoms with Gasteiger partial charge in [0.2, 0.25) is 5.79 Å². The van der Waals surface area contributed by atoms with Crippen molar-refractivity contribution in [3.8, 4) is 0 Å². The molecule has 1 fully saturated rings. The fourth-order valence-corrected chi connectivity index (χ4v) is 1.68. The van der Waals surface area contributed by atoms with Crippen LogP contribution in [0.3, 0.4) is 0 Å². The van der Waals surface area contributed by atoms with Gasteiger partial charge in [-0.1, -0.05) is 0 Å². The molecule has 1 saturated heterocycles. The first-order chi connectivity index (χ1) is 6.44. The quantitative estimate of drug-likeness (QED) is 0.617. The predicted octanol–water partition coefficient (Wildman–Crippen LogP) is 1.11. The molecule has 0 aliphatic carbocycles. The topological polar surface area (TPSA) is 55.8 Å². The van der Waals surface area contributed by atoms with Gasteiger partial charge in [0.25, 0.3) is 0 Å². The third-order valence-electron chi connectivity index (χ3n) is 2.02. The maximum Gasteiger partial charge on any atom is 0.361 e. The molecule has 0 saturated carbocycles. The van der Waals surface area contributed by atoms with Crippen LogP contribution in [0.25, 0.3) is 0 Å². The summed E-state index contributed by atoms with van der Waals surface area (Å²) in [5.74, 6) is -3.27. The highest BCUT2D eigenvalue weighted by Crippen LogP contribution is 2.41. The molecule has 4 nitrogen and oxygen atoms in total. The van der Waals surface area contributed by atoms with Crippen LogP contribution in [-0.2, 0) is 14.3 Å². The fourth-order valence-electron chi connectivity index (χ4n) is 1.25. The van der Waals surface area contributed by atoms with Crippen molar-refractivity contribution in [2.24, 2.45) is 0 Å². The zero-order valence-electron chi connectivity index (χ0n) is 7.76. The molecule has 0 amide bonds. The van der Waals surface area contributed by atoms with Gasteiger partial charge < -0.3 is 14.6 Å². The summed E-state index contributed by atoms with van der Waals surface area (Å²) in [6.07, 6.45) is 0.570. The Hall–Kier alpha value is -0.200. The molecule has 6 heteroatoms. The monoisotopic (exact) mass is 270 g/mol. The second kappa shape index (κ2) is 4.12. The Bertz CT molecular complexity index is 225. The Morgan fingerprint density at radius 3 is 2.93 bits per heavy atom. The molecule has 0 aromatic rings. The van der Waals surface area contributed by atoms with Crippen molar-refractivity contribution in [1.29, 1.82) is 0 Å². The van der Waals surface area contributed by atoms with Crippen LogP contribution >= 0.6 is 15.9 Å². The van der Waals surface area contributed by atoms with E-state index in [4.69, 9.17) is 4.74 Å². The van der Waals surface area contributed by atoms with Gasteiger partial charge in [0.15, 0.2) is 0 Å². The standard InChI is InChI=1S/C8H12BrFO4/c1-2-13-6(11)8(9,10)7(12)4-3-5-14-7/h12H,2-5H2,1H3/t7-,8-/m1/s1. The van der Waals surface area contributed by atoms with Gasteiger partial charge in [-0.25, -0.2) is 9.18 Å². The number of esters is 1. The second-order valence-electron chi connectivity index (χ2n) is 3.03. The molecule has 0 aromatic heterocycles. The van der Waals surface area contributed by atoms with Crippen LogP contribution in [-0.4, -0.2) is 34.7 Å². The van der Waals surface area contributed by atoms with Gasteiger partial charge in [-0.05, 0) is 29.3 Å². The van der Waals surface area contributed by atoms with E-state index in [1.807, 2.05) is 0 Å². The number of carbonyl (C=O) groups excluding carboxylic acids is 1. The molecule has 0 aromatic carbocycles. The zero-order valence-corrected chi connectivity index (χ0v) is 9.34. The molecule has 2 atom stereocenters. The van der Waals surface area contributed by atoms with Crippen LogP contribution in [0, 0.1) is 0 Å². The van der Waals surface area contributed by atoms with Gasteiger partial charge >= 0.3 is 10.5 Å². The average Bonchev–Trinajstić information content (AvgIpc) is 2.54. The van der Waals surface area contributed by atoms with Crippen LogP contribution < -0.4 is 0 Å². The lowest BCUT2D eigenvalue weighted by Gasteiger charge is -2.30. The molecule has 0 unspecified atom stereocenters. The predicted molar refractivity (Wildman–Crippen MR) is 49.5 cm³/mol. The number of halogens is 2. The van der Waals surface area contributed by atoms with E-state index in [2.05, 4.69) is 20.7 Å². The molecule has 1 heterocycles. The lowest BCUT2D eigenvalue weighted by atomic mass is 10.1. The molecule has 1 aliphatic heterocycles. The summed E-state index contributed by atoms with van der Waals surface area (Å²) in [5.41, 5.74) is 0. The van der Waals surface area contributed by atoms with E-state index in [1.54, 1.807) is 6.92 Å². The normalized spacial score (nSPS) is 31.1. The molecule has 0 bridgehead atoms. The van der Waals surface area contributed by atoms with Crippen LogP contribution in [0.5, 0.6) is 0 Å². The van der Waals surface area contributed by atoms with Crippen molar-refractivity contribution in [1.82, 2.24) is 0 Å². The minimum atomic E-state index is -2.69. The van der Waals surface area contributed by atoms with Crippen LogP contribution in [0.15, 0.2) is 0 Å². The highest BCUT2D eigenvalue weighted by molar-refractivity contribution is 9.10. The molecule has 1 N–H and O–H groups in total. The molecule has 14 heavy (non-hydrogen) atoms. The Morgan fingerprint density at radius 1 is 1.86 bits per heavy atom. The fraction of sp³-hybridized carbons (Fsp3) is 0.875. The number of rotatable bonds is 3. The van der Waals surface area contributed by atoms with Crippen molar-refractivity contribution >= 4 is 21.9 Å². The Labute approximate surface area is 89.5 Å². The van der Waals surface area contributed by atoms with E-state index in [0.29, 0.717) is 6.42 Å². The van der Waals surface area contributed by atoms with Crippen molar-refractivity contribution in [3.05, 3.63) is 0 Å². The zero-order chi connectivity index (χ0) is 10.8. The SMILES string of the molecule is CCOC(=O)[C@](F)(Br)[C@@]1(O)CCCO1. The second-order valence-corrected chi connectivity index (χ2v) is 4.12. The first-order valence-corrected chi connectivity index (χ1v) is 5.14. The van der Waals surface area contributed by atoms with Gasteiger partial charge in [0.1, 0.15) is 0 Å². The van der Waals surface area contributed by atoms with Crippen LogP contribution in [0.1, 0.15) is 19.8 Å². The molecule has 82 valence electrons. The van der Waals surface area contributed by atoms with Gasteiger partial charge in [-0.3, -0.25) is 0 Å². The molecule has 1 rings (SSSR count). The van der Waals surface area contributed by atoms with Gasteiger partial charge in [-0.15, -0.1) is 0 Å². The Balaban J connectivity index is 2.76. The molecular formula is C8H12BrFO4. The number of alkyl halides is 2. The summed E-state index contributed by atoms with van der Waals surface area (Å²) >= 11 is 2.52. The highest BCUT2D eigenvalue weighted by atomic mass is 79.9. The Morgan fingerprint density at radius 2 is 2.50 bits per heavy atom. The first kappa shape index (κ1) is 11.9. The third-order valence-corrected chi connectivity index (χ3v) is 2.97. The molecule has 0 radical (unpaired) electrons. The summed E-state index contributed by atoms with van der Waals surface area (Å²) in [7, 11) is 0. The van der Waals surface area contributed by atoms with Crippen molar-refractivity contribution < 1.29 is 23.8 Å². The number of hydrogen-bond acceptors (Lipinski definition) is 4. The van der Waals surface area contributed by atoms with E-state index in [9.17, 15) is 14.3 Å². The number of aliphatic hydroxyl groups is 1. The summed E-state index contributed by atoms with van der Waals surface area (Å²) in [4.78, 5) is 11.2. The average molecular weight is 271 g/mol. The van der Waals surface area contributed by atoms with Gasteiger partial charge in [0, 0.05) is 6.42 Å². The molecular weight excluding hydrogens is 259 g/mol. The van der Waals surface area contributed by atoms with Crippen molar-refractivity contribution in [2.75, 3.05) is 13.2 Å². The first-order valence-electron chi connectivity index (χ1n) is 4.35. The van der Waals surface area contributed by atoms with E-state index in [1.165, 1.54) is 0 Å². The smallest absolute Gasteiger partial charge is 0.361 e. The summed E-state index contributed by atoms with van der Waals surface area (Å²) < 4.78 is 20.4. The summed E-state index contributed by atoms with van der Waals surface area (Å²) in [6, 6.07) is 0. The van der Waals surface area contributed by atoms with E-state index >= 15 is 0 Å². The lowest BCUT2D eigenvalue weighted by molar-refractivity contribution is -0.228. The van der Waals surface area contributed by atoms with Crippen molar-refractivity contribution in [2.45, 2.75) is 30.1 Å². The minimum absolute atomic E-state index is 0.0478. The number of hydrogen-bond donors (Lipinski definition) is 1. The maximum absolute atomic E-state index is 13.8. The number of ether oxygens (including phenoxy) is 2. The summed E-state index contributed by atoms with van der Waals surface area (Å²) in [5, 5.41) is 9.67. The lowest BCUT2D eigenvalue weighted by Crippen LogP contribution is -2.52.